The standard InChI is InChI=1S/C11H15Br2NO.ClH/c1-6(2)11(15)10(14)7-3-8(12)5-9(13)4-7;/h3-6,10-11,15H,14H2,1-2H3;1H/t10-,11+;/m0./s1. The van der Waals surface area contributed by atoms with Crippen LogP contribution in [0.2, 0.25) is 0 Å². The summed E-state index contributed by atoms with van der Waals surface area (Å²) in [5.41, 5.74) is 6.91. The van der Waals surface area contributed by atoms with Crippen LogP contribution < -0.4 is 5.73 Å². The quantitative estimate of drug-likeness (QED) is 0.850. The molecule has 0 aliphatic carbocycles. The molecule has 1 aromatic rings. The van der Waals surface area contributed by atoms with Crippen molar-refractivity contribution in [3.8, 4) is 0 Å². The first kappa shape index (κ1) is 16.4. The second kappa shape index (κ2) is 6.97. The van der Waals surface area contributed by atoms with Gasteiger partial charge in [-0.1, -0.05) is 45.7 Å². The van der Waals surface area contributed by atoms with Gasteiger partial charge in [0, 0.05) is 8.95 Å². The molecule has 0 bridgehead atoms. The number of hydrogen-bond donors (Lipinski definition) is 2. The van der Waals surface area contributed by atoms with Gasteiger partial charge >= 0.3 is 0 Å². The highest BCUT2D eigenvalue weighted by molar-refractivity contribution is 9.11. The van der Waals surface area contributed by atoms with E-state index in [4.69, 9.17) is 5.73 Å². The van der Waals surface area contributed by atoms with Crippen LogP contribution in [0.5, 0.6) is 0 Å². The smallest absolute Gasteiger partial charge is 0.0755 e. The van der Waals surface area contributed by atoms with E-state index >= 15 is 0 Å². The largest absolute Gasteiger partial charge is 0.391 e. The molecule has 0 saturated heterocycles. The van der Waals surface area contributed by atoms with Crippen LogP contribution in [0, 0.1) is 5.92 Å². The average Bonchev–Trinajstić information content (AvgIpc) is 2.13. The zero-order valence-corrected chi connectivity index (χ0v) is 13.1. The van der Waals surface area contributed by atoms with E-state index in [1.807, 2.05) is 32.0 Å². The minimum atomic E-state index is -0.522. The number of hydrogen-bond acceptors (Lipinski definition) is 2. The van der Waals surface area contributed by atoms with Gasteiger partial charge in [0.2, 0.25) is 0 Å². The first-order valence-electron chi connectivity index (χ1n) is 4.81. The molecule has 0 aromatic heterocycles. The Morgan fingerprint density at radius 2 is 1.56 bits per heavy atom. The Morgan fingerprint density at radius 1 is 1.12 bits per heavy atom. The van der Waals surface area contributed by atoms with Crippen LogP contribution in [0.3, 0.4) is 0 Å². The van der Waals surface area contributed by atoms with Crippen LogP contribution in [0.4, 0.5) is 0 Å². The van der Waals surface area contributed by atoms with Gasteiger partial charge in [-0.2, -0.15) is 0 Å². The van der Waals surface area contributed by atoms with Crippen LogP contribution in [-0.4, -0.2) is 11.2 Å². The molecular weight excluding hydrogens is 357 g/mol. The summed E-state index contributed by atoms with van der Waals surface area (Å²) in [4.78, 5) is 0. The Morgan fingerprint density at radius 3 is 1.94 bits per heavy atom. The number of aliphatic hydroxyl groups is 1. The second-order valence-corrected chi connectivity index (χ2v) is 5.79. The fourth-order valence-electron chi connectivity index (χ4n) is 1.38. The fourth-order valence-corrected chi connectivity index (χ4v) is 2.71. The van der Waals surface area contributed by atoms with Crippen molar-refractivity contribution >= 4 is 44.3 Å². The third kappa shape index (κ3) is 4.34. The minimum Gasteiger partial charge on any atom is -0.391 e. The summed E-state index contributed by atoms with van der Waals surface area (Å²) in [6.07, 6.45) is -0.522. The predicted octanol–water partition coefficient (Wildman–Crippen LogP) is 3.65. The summed E-state index contributed by atoms with van der Waals surface area (Å²) in [6.45, 7) is 3.91. The molecule has 16 heavy (non-hydrogen) atoms. The lowest BCUT2D eigenvalue weighted by Crippen LogP contribution is -2.30. The van der Waals surface area contributed by atoms with Gasteiger partial charge in [0.25, 0.3) is 0 Å². The Kier molecular flexibility index (Phi) is 7.14. The first-order chi connectivity index (χ1) is 6.91. The predicted molar refractivity (Wildman–Crippen MR) is 76.9 cm³/mol. The van der Waals surface area contributed by atoms with E-state index in [-0.39, 0.29) is 24.4 Å². The minimum absolute atomic E-state index is 0. The molecule has 0 aliphatic rings. The maximum Gasteiger partial charge on any atom is 0.0755 e. The molecule has 1 aromatic carbocycles. The topological polar surface area (TPSA) is 46.2 Å². The molecule has 3 N–H and O–H groups in total. The van der Waals surface area contributed by atoms with Gasteiger partial charge in [0.15, 0.2) is 0 Å². The van der Waals surface area contributed by atoms with E-state index in [0.29, 0.717) is 0 Å². The van der Waals surface area contributed by atoms with Crippen molar-refractivity contribution in [3.63, 3.8) is 0 Å². The molecule has 92 valence electrons. The molecular formula is C11H16Br2ClNO. The molecule has 1 rings (SSSR count). The van der Waals surface area contributed by atoms with Crippen LogP contribution in [-0.2, 0) is 0 Å². The monoisotopic (exact) mass is 371 g/mol. The van der Waals surface area contributed by atoms with Crippen molar-refractivity contribution < 1.29 is 5.11 Å². The van der Waals surface area contributed by atoms with Gasteiger partial charge in [-0.25, -0.2) is 0 Å². The van der Waals surface area contributed by atoms with Crippen molar-refractivity contribution in [2.24, 2.45) is 11.7 Å². The molecule has 0 spiro atoms. The summed E-state index contributed by atoms with van der Waals surface area (Å²) in [5, 5.41) is 9.87. The molecule has 2 nitrogen and oxygen atoms in total. The van der Waals surface area contributed by atoms with Crippen LogP contribution in [0.25, 0.3) is 0 Å². The highest BCUT2D eigenvalue weighted by atomic mass is 79.9. The zero-order valence-electron chi connectivity index (χ0n) is 9.15. The number of halogens is 3. The Hall–Kier alpha value is 0.390. The average molecular weight is 374 g/mol. The highest BCUT2D eigenvalue weighted by Crippen LogP contribution is 2.26. The molecule has 0 radical (unpaired) electrons. The molecule has 0 heterocycles. The Bertz CT molecular complexity index is 327. The molecule has 0 aliphatic heterocycles. The van der Waals surface area contributed by atoms with Crippen molar-refractivity contribution in [2.75, 3.05) is 0 Å². The number of aliphatic hydroxyl groups excluding tert-OH is 1. The van der Waals surface area contributed by atoms with E-state index in [9.17, 15) is 5.11 Å². The third-order valence-electron chi connectivity index (χ3n) is 2.32. The Balaban J connectivity index is 0.00000225. The lowest BCUT2D eigenvalue weighted by molar-refractivity contribution is 0.0979. The SMILES string of the molecule is CC(C)[C@@H](O)[C@@H](N)c1cc(Br)cc(Br)c1.Cl. The van der Waals surface area contributed by atoms with Crippen molar-refractivity contribution in [1.82, 2.24) is 0 Å². The molecule has 2 atom stereocenters. The summed E-state index contributed by atoms with van der Waals surface area (Å²) in [6, 6.07) is 5.46. The molecule has 0 saturated carbocycles. The fraction of sp³-hybridized carbons (Fsp3) is 0.455. The molecule has 0 amide bonds. The van der Waals surface area contributed by atoms with Gasteiger partial charge < -0.3 is 10.8 Å². The summed E-state index contributed by atoms with van der Waals surface area (Å²) >= 11 is 6.80. The van der Waals surface area contributed by atoms with E-state index in [0.717, 1.165) is 14.5 Å². The Labute approximate surface area is 119 Å². The van der Waals surface area contributed by atoms with Crippen LogP contribution >= 0.6 is 44.3 Å². The van der Waals surface area contributed by atoms with E-state index in [2.05, 4.69) is 31.9 Å². The molecule has 0 unspecified atom stereocenters. The van der Waals surface area contributed by atoms with Crippen LogP contribution in [0.1, 0.15) is 25.5 Å². The summed E-state index contributed by atoms with van der Waals surface area (Å²) < 4.78 is 1.91. The van der Waals surface area contributed by atoms with E-state index in [1.54, 1.807) is 0 Å². The summed E-state index contributed by atoms with van der Waals surface area (Å²) in [7, 11) is 0. The van der Waals surface area contributed by atoms with Gasteiger partial charge in [-0.15, -0.1) is 12.4 Å². The summed E-state index contributed by atoms with van der Waals surface area (Å²) in [5.74, 6) is 0.151. The normalized spacial score (nSPS) is 14.4. The van der Waals surface area contributed by atoms with Gasteiger partial charge in [0.05, 0.1) is 12.1 Å². The lowest BCUT2D eigenvalue weighted by Gasteiger charge is -2.22. The van der Waals surface area contributed by atoms with Crippen molar-refractivity contribution in [3.05, 3.63) is 32.7 Å². The highest BCUT2D eigenvalue weighted by Gasteiger charge is 2.20. The molecule has 5 heteroatoms. The number of nitrogens with two attached hydrogens (primary N) is 1. The van der Waals surface area contributed by atoms with Crippen LogP contribution in [0.15, 0.2) is 27.1 Å². The number of benzene rings is 1. The maximum atomic E-state index is 9.87. The first-order valence-corrected chi connectivity index (χ1v) is 6.40. The van der Waals surface area contributed by atoms with E-state index in [1.165, 1.54) is 0 Å². The third-order valence-corrected chi connectivity index (χ3v) is 3.24. The zero-order chi connectivity index (χ0) is 11.6. The van der Waals surface area contributed by atoms with Gasteiger partial charge in [-0.05, 0) is 29.7 Å². The van der Waals surface area contributed by atoms with Crippen molar-refractivity contribution in [1.29, 1.82) is 0 Å². The maximum absolute atomic E-state index is 9.87. The van der Waals surface area contributed by atoms with Gasteiger partial charge in [0.1, 0.15) is 0 Å². The van der Waals surface area contributed by atoms with Crippen molar-refractivity contribution in [2.45, 2.75) is 26.0 Å². The lowest BCUT2D eigenvalue weighted by atomic mass is 9.95. The van der Waals surface area contributed by atoms with Gasteiger partial charge in [-0.3, -0.25) is 0 Å². The van der Waals surface area contributed by atoms with E-state index < -0.39 is 6.10 Å². The molecule has 0 fully saturated rings. The second-order valence-electron chi connectivity index (χ2n) is 3.96. The number of rotatable bonds is 3.